The molecule has 0 spiro atoms. The Balaban J connectivity index is 2.06. The van der Waals surface area contributed by atoms with Crippen LogP contribution in [-0.4, -0.2) is 40.2 Å². The number of methoxy groups -OCH3 is 1. The van der Waals surface area contributed by atoms with Crippen LogP contribution >= 0.6 is 20.2 Å². The number of carbonyl (C=O) groups is 1. The van der Waals surface area contributed by atoms with Crippen molar-refractivity contribution in [3.8, 4) is 11.1 Å². The van der Waals surface area contributed by atoms with Gasteiger partial charge in [-0.15, -0.1) is 0 Å². The first-order valence-corrected chi connectivity index (χ1v) is 31.4. The summed E-state index contributed by atoms with van der Waals surface area (Å²) in [5.74, 6) is -0.214. The van der Waals surface area contributed by atoms with Crippen LogP contribution in [0.4, 0.5) is 0 Å². The van der Waals surface area contributed by atoms with Crippen LogP contribution in [0.5, 0.6) is 0 Å². The molecular formula is C35H46GeO2S2Si2. The third kappa shape index (κ3) is 5.60. The number of carbonyl (C=O) groups excluding carboxylic acids is 1. The van der Waals surface area contributed by atoms with Gasteiger partial charge in [0.2, 0.25) is 0 Å². The number of esters is 1. The fourth-order valence-corrected chi connectivity index (χ4v) is 36.0. The van der Waals surface area contributed by atoms with E-state index in [1.54, 1.807) is 17.5 Å². The van der Waals surface area contributed by atoms with E-state index in [-0.39, 0.29) is 16.1 Å². The predicted molar refractivity (Wildman–Crippen MR) is 196 cm³/mol. The molecule has 0 amide bonds. The van der Waals surface area contributed by atoms with Gasteiger partial charge in [-0.2, -0.15) is 0 Å². The van der Waals surface area contributed by atoms with Crippen molar-refractivity contribution in [1.82, 2.24) is 0 Å². The molecule has 1 aliphatic heterocycles. The first-order valence-electron chi connectivity index (χ1n) is 15.1. The number of fused-ring (bicyclic) bond motifs is 7. The van der Waals surface area contributed by atoms with E-state index in [2.05, 4.69) is 148 Å². The van der Waals surface area contributed by atoms with Crippen LogP contribution in [0, 0.1) is 5.92 Å². The normalized spacial score (nSPS) is 16.1. The summed E-state index contributed by atoms with van der Waals surface area (Å²) >= 11 is 0. The first kappa shape index (κ1) is 32.0. The molecule has 1 heterocycles. The summed E-state index contributed by atoms with van der Waals surface area (Å²) in [6, 6.07) is 23.2. The molecule has 5 rings (SSSR count). The molecule has 4 aromatic rings. The fraction of sp³-hybridized carbons (Fsp3) is 0.400. The Morgan fingerprint density at radius 2 is 1.19 bits per heavy atom. The fourth-order valence-electron chi connectivity index (χ4n) is 6.21. The molecule has 222 valence electrons. The maximum absolute atomic E-state index is 13.0. The molecule has 0 saturated carbocycles. The van der Waals surface area contributed by atoms with E-state index >= 15 is 0 Å². The summed E-state index contributed by atoms with van der Waals surface area (Å²) in [6.07, 6.45) is 0. The van der Waals surface area contributed by atoms with Crippen LogP contribution in [0.3, 0.4) is 0 Å². The minimum atomic E-state index is -3.13. The van der Waals surface area contributed by atoms with Gasteiger partial charge in [0, 0.05) is 0 Å². The molecule has 1 aliphatic rings. The van der Waals surface area contributed by atoms with E-state index in [9.17, 15) is 4.79 Å². The van der Waals surface area contributed by atoms with E-state index < -0.39 is 27.1 Å². The van der Waals surface area contributed by atoms with Gasteiger partial charge < -0.3 is 0 Å². The number of rotatable bonds is 5. The van der Waals surface area contributed by atoms with Crippen molar-refractivity contribution in [2.75, 3.05) is 7.11 Å². The third-order valence-electron chi connectivity index (χ3n) is 8.72. The number of ether oxygens (including phenoxy) is 1. The molecule has 0 aliphatic carbocycles. The van der Waals surface area contributed by atoms with Crippen molar-refractivity contribution in [3.05, 3.63) is 60.7 Å². The standard InChI is InChI=1S/C35H46GeO2S2Si2/c1-23(34(37)38-5)22-36(35(2,3)4)39-32-28(41(6,7)8)20-24-16-12-14-18-26(24)30(32)31-27-19-15-13-17-25(27)21-29(33(31)40-36)42(9,10)11/h12-21,23H,22H2,1-11H3/t23-/m0/s1. The molecule has 0 radical (unpaired) electrons. The second kappa shape index (κ2) is 11.2. The van der Waals surface area contributed by atoms with Gasteiger partial charge in [0.25, 0.3) is 0 Å². The Bertz CT molecular complexity index is 1590. The molecule has 0 saturated heterocycles. The average molecular weight is 692 g/mol. The number of hydrogen-bond acceptors (Lipinski definition) is 4. The Morgan fingerprint density at radius 1 is 0.786 bits per heavy atom. The summed E-state index contributed by atoms with van der Waals surface area (Å²) in [7, 11) is -0.653. The van der Waals surface area contributed by atoms with Gasteiger partial charge in [0.05, 0.1) is 0 Å². The van der Waals surface area contributed by atoms with Crippen LogP contribution in [0.2, 0.25) is 48.8 Å². The molecule has 7 heteroatoms. The zero-order valence-electron chi connectivity index (χ0n) is 27.2. The second-order valence-electron chi connectivity index (χ2n) is 15.0. The van der Waals surface area contributed by atoms with E-state index in [1.807, 2.05) is 0 Å². The average Bonchev–Trinajstić information content (AvgIpc) is 3.06. The van der Waals surface area contributed by atoms with Gasteiger partial charge in [0.1, 0.15) is 0 Å². The zero-order valence-corrected chi connectivity index (χ0v) is 32.9. The summed E-state index contributed by atoms with van der Waals surface area (Å²) in [5.41, 5.74) is 2.88. The summed E-state index contributed by atoms with van der Waals surface area (Å²) < 4.78 is 5.41. The molecular weight excluding hydrogens is 645 g/mol. The topological polar surface area (TPSA) is 26.3 Å². The van der Waals surface area contributed by atoms with Crippen LogP contribution < -0.4 is 10.4 Å². The number of benzene rings is 4. The first-order chi connectivity index (χ1) is 19.5. The van der Waals surface area contributed by atoms with Crippen molar-refractivity contribution in [2.45, 2.75) is 86.3 Å². The van der Waals surface area contributed by atoms with Crippen LogP contribution in [-0.2, 0) is 9.53 Å². The van der Waals surface area contributed by atoms with Gasteiger partial charge in [-0.25, -0.2) is 0 Å². The van der Waals surface area contributed by atoms with Gasteiger partial charge >= 0.3 is 266 Å². The van der Waals surface area contributed by atoms with Gasteiger partial charge in [0.15, 0.2) is 0 Å². The van der Waals surface area contributed by atoms with Gasteiger partial charge in [-0.05, 0) is 0 Å². The van der Waals surface area contributed by atoms with E-state index in [0.29, 0.717) is 0 Å². The summed E-state index contributed by atoms with van der Waals surface area (Å²) in [5, 5.41) is 9.42. The van der Waals surface area contributed by atoms with Crippen molar-refractivity contribution >= 4 is 85.2 Å². The molecule has 0 aromatic heterocycles. The molecule has 0 N–H and O–H groups in total. The second-order valence-corrected chi connectivity index (χ2v) is 44.7. The van der Waals surface area contributed by atoms with Crippen LogP contribution in [0.15, 0.2) is 70.5 Å². The third-order valence-corrected chi connectivity index (χ3v) is 39.6. The molecule has 2 nitrogen and oxygen atoms in total. The Hall–Kier alpha value is -1.45. The molecule has 0 unspecified atom stereocenters. The van der Waals surface area contributed by atoms with E-state index in [4.69, 9.17) is 4.74 Å². The maximum atomic E-state index is 13.0. The Morgan fingerprint density at radius 3 is 1.55 bits per heavy atom. The Kier molecular flexibility index (Phi) is 8.49. The number of hydrogen-bond donors (Lipinski definition) is 0. The molecule has 42 heavy (non-hydrogen) atoms. The van der Waals surface area contributed by atoms with E-state index in [0.717, 1.165) is 5.25 Å². The van der Waals surface area contributed by atoms with E-state index in [1.165, 1.54) is 42.5 Å². The molecule has 4 aromatic carbocycles. The quantitative estimate of drug-likeness (QED) is 0.154. The predicted octanol–water partition coefficient (Wildman–Crippen LogP) is 10.00. The minimum absolute atomic E-state index is 0.0706. The van der Waals surface area contributed by atoms with Gasteiger partial charge in [-0.1, -0.05) is 0 Å². The summed E-state index contributed by atoms with van der Waals surface area (Å²) in [6.45, 7) is 24.4. The zero-order chi connectivity index (χ0) is 30.8. The summed E-state index contributed by atoms with van der Waals surface area (Å²) in [4.78, 5) is 16.0. The van der Waals surface area contributed by atoms with Gasteiger partial charge in [-0.3, -0.25) is 0 Å². The Labute approximate surface area is 264 Å². The monoisotopic (exact) mass is 692 g/mol. The molecule has 0 fully saturated rings. The molecule has 1 atom stereocenters. The molecule has 0 bridgehead atoms. The van der Waals surface area contributed by atoms with Crippen molar-refractivity contribution in [1.29, 1.82) is 0 Å². The SMILES string of the molecule is COC(=O)[C@@H](C)[CH2][Ge]1([C](C)(C)C)[S]c2c([Si](C)(C)C)cc3ccccc3c2-c2c(c([Si](C)(C)C)cc3ccccc23)[S]1. The van der Waals surface area contributed by atoms with Crippen LogP contribution in [0.1, 0.15) is 27.7 Å². The van der Waals surface area contributed by atoms with Crippen molar-refractivity contribution in [3.63, 3.8) is 0 Å². The van der Waals surface area contributed by atoms with Crippen molar-refractivity contribution < 1.29 is 9.53 Å². The van der Waals surface area contributed by atoms with Crippen LogP contribution in [0.25, 0.3) is 32.7 Å². The van der Waals surface area contributed by atoms with Crippen molar-refractivity contribution in [2.24, 2.45) is 5.92 Å².